The molecule has 1 aliphatic heterocycles. The highest BCUT2D eigenvalue weighted by molar-refractivity contribution is 5.80. The van der Waals surface area contributed by atoms with Gasteiger partial charge in [0, 0.05) is 13.1 Å². The Morgan fingerprint density at radius 2 is 2.12 bits per heavy atom. The van der Waals surface area contributed by atoms with E-state index < -0.39 is 0 Å². The third-order valence-corrected chi connectivity index (χ3v) is 5.56. The van der Waals surface area contributed by atoms with Crippen molar-refractivity contribution in [2.75, 3.05) is 13.1 Å². The van der Waals surface area contributed by atoms with Gasteiger partial charge in [0.15, 0.2) is 0 Å². The Morgan fingerprint density at radius 1 is 1.28 bits per heavy atom. The standard InChI is InChI=1S/C19H25N5O/c25-17(22-19(9-5-10-19)18-20-14-21-23-18)16-8-4-11-24(13-16)12-15-6-2-1-3-7-15/h1-3,6-7,14,16H,4-5,8-13H2,(H,22,25)(H,20,21,23). The zero-order valence-electron chi connectivity index (χ0n) is 14.4. The van der Waals surface area contributed by atoms with Gasteiger partial charge in [-0.15, -0.1) is 0 Å². The second-order valence-corrected chi connectivity index (χ2v) is 7.32. The van der Waals surface area contributed by atoms with Gasteiger partial charge >= 0.3 is 0 Å². The van der Waals surface area contributed by atoms with E-state index in [0.717, 1.165) is 57.6 Å². The van der Waals surface area contributed by atoms with Gasteiger partial charge in [-0.3, -0.25) is 14.8 Å². The fraction of sp³-hybridized carbons (Fsp3) is 0.526. The van der Waals surface area contributed by atoms with E-state index in [2.05, 4.69) is 49.7 Å². The first-order valence-corrected chi connectivity index (χ1v) is 9.19. The summed E-state index contributed by atoms with van der Waals surface area (Å²) < 4.78 is 0. The van der Waals surface area contributed by atoms with Gasteiger partial charge in [0.1, 0.15) is 12.2 Å². The molecule has 0 spiro atoms. The highest BCUT2D eigenvalue weighted by Gasteiger charge is 2.44. The van der Waals surface area contributed by atoms with Crippen LogP contribution >= 0.6 is 0 Å². The van der Waals surface area contributed by atoms with Crippen molar-refractivity contribution >= 4 is 5.91 Å². The number of amides is 1. The number of benzene rings is 1. The molecule has 4 rings (SSSR count). The van der Waals surface area contributed by atoms with Crippen molar-refractivity contribution in [3.8, 4) is 0 Å². The Morgan fingerprint density at radius 3 is 2.80 bits per heavy atom. The molecule has 2 aromatic rings. The lowest BCUT2D eigenvalue weighted by Crippen LogP contribution is -2.55. The van der Waals surface area contributed by atoms with E-state index in [-0.39, 0.29) is 17.4 Å². The lowest BCUT2D eigenvalue weighted by molar-refractivity contribution is -0.130. The molecule has 25 heavy (non-hydrogen) atoms. The molecule has 1 saturated heterocycles. The molecule has 1 saturated carbocycles. The van der Waals surface area contributed by atoms with E-state index in [9.17, 15) is 4.79 Å². The van der Waals surface area contributed by atoms with Crippen LogP contribution in [0.2, 0.25) is 0 Å². The first kappa shape index (κ1) is 16.3. The number of nitrogens with zero attached hydrogens (tertiary/aromatic N) is 3. The minimum Gasteiger partial charge on any atom is -0.343 e. The van der Waals surface area contributed by atoms with Crippen LogP contribution in [0.4, 0.5) is 0 Å². The molecule has 2 aliphatic rings. The number of nitrogens with one attached hydrogen (secondary N) is 2. The normalized spacial score (nSPS) is 23.0. The number of likely N-dealkylation sites (tertiary alicyclic amines) is 1. The number of hydrogen-bond acceptors (Lipinski definition) is 4. The average molecular weight is 339 g/mol. The summed E-state index contributed by atoms with van der Waals surface area (Å²) in [6, 6.07) is 10.5. The Balaban J connectivity index is 1.38. The molecule has 132 valence electrons. The Bertz CT molecular complexity index is 696. The number of rotatable bonds is 5. The first-order valence-electron chi connectivity index (χ1n) is 9.19. The SMILES string of the molecule is O=C(NC1(c2ncn[nH]2)CCC1)C1CCCN(Cc2ccccc2)C1. The number of carbonyl (C=O) groups excluding carboxylic acids is 1. The maximum absolute atomic E-state index is 12.9. The molecule has 2 heterocycles. The predicted octanol–water partition coefficient (Wildman–Crippen LogP) is 2.21. The summed E-state index contributed by atoms with van der Waals surface area (Å²) >= 11 is 0. The van der Waals surface area contributed by atoms with Crippen molar-refractivity contribution in [3.05, 3.63) is 48.0 Å². The predicted molar refractivity (Wildman–Crippen MR) is 94.5 cm³/mol. The van der Waals surface area contributed by atoms with Crippen LogP contribution < -0.4 is 5.32 Å². The minimum atomic E-state index is -0.324. The number of piperidine rings is 1. The quantitative estimate of drug-likeness (QED) is 0.876. The molecule has 0 bridgehead atoms. The minimum absolute atomic E-state index is 0.0536. The van der Waals surface area contributed by atoms with E-state index in [4.69, 9.17) is 0 Å². The lowest BCUT2D eigenvalue weighted by atomic mass is 9.75. The molecular weight excluding hydrogens is 314 g/mol. The lowest BCUT2D eigenvalue weighted by Gasteiger charge is -2.42. The van der Waals surface area contributed by atoms with E-state index in [1.165, 1.54) is 11.9 Å². The van der Waals surface area contributed by atoms with Gasteiger partial charge in [0.05, 0.1) is 11.5 Å². The van der Waals surface area contributed by atoms with Crippen LogP contribution in [0.3, 0.4) is 0 Å². The van der Waals surface area contributed by atoms with Crippen LogP contribution in [0.1, 0.15) is 43.5 Å². The monoisotopic (exact) mass is 339 g/mol. The van der Waals surface area contributed by atoms with Gasteiger partial charge in [-0.25, -0.2) is 4.98 Å². The van der Waals surface area contributed by atoms with Gasteiger partial charge in [-0.1, -0.05) is 30.3 Å². The fourth-order valence-corrected chi connectivity index (χ4v) is 3.98. The Kier molecular flexibility index (Phi) is 4.53. The van der Waals surface area contributed by atoms with Crippen LogP contribution in [0.25, 0.3) is 0 Å². The van der Waals surface area contributed by atoms with Crippen LogP contribution in [0.5, 0.6) is 0 Å². The molecule has 6 nitrogen and oxygen atoms in total. The molecule has 1 aromatic carbocycles. The third-order valence-electron chi connectivity index (χ3n) is 5.56. The Labute approximate surface area is 148 Å². The molecule has 1 aromatic heterocycles. The first-order chi connectivity index (χ1) is 12.3. The van der Waals surface area contributed by atoms with Gasteiger partial charge < -0.3 is 5.32 Å². The maximum atomic E-state index is 12.9. The molecule has 2 fully saturated rings. The summed E-state index contributed by atoms with van der Waals surface area (Å²) in [5.41, 5.74) is 0.982. The molecule has 0 radical (unpaired) electrons. The topological polar surface area (TPSA) is 73.9 Å². The molecular formula is C19H25N5O. The number of H-pyrrole nitrogens is 1. The van der Waals surface area contributed by atoms with Crippen molar-refractivity contribution in [2.45, 2.75) is 44.2 Å². The fourth-order valence-electron chi connectivity index (χ4n) is 3.98. The second-order valence-electron chi connectivity index (χ2n) is 7.32. The maximum Gasteiger partial charge on any atom is 0.225 e. The molecule has 1 aliphatic carbocycles. The number of aromatic amines is 1. The van der Waals surface area contributed by atoms with Crippen LogP contribution in [-0.4, -0.2) is 39.1 Å². The number of carbonyl (C=O) groups is 1. The van der Waals surface area contributed by atoms with Crippen molar-refractivity contribution in [3.63, 3.8) is 0 Å². The zero-order chi connectivity index (χ0) is 17.1. The van der Waals surface area contributed by atoms with Gasteiger partial charge in [-0.05, 0) is 44.2 Å². The molecule has 6 heteroatoms. The summed E-state index contributed by atoms with van der Waals surface area (Å²) in [7, 11) is 0. The molecule has 2 N–H and O–H groups in total. The smallest absolute Gasteiger partial charge is 0.225 e. The molecule has 1 amide bonds. The third kappa shape index (κ3) is 3.44. The number of aromatic nitrogens is 3. The summed E-state index contributed by atoms with van der Waals surface area (Å²) in [4.78, 5) is 19.6. The summed E-state index contributed by atoms with van der Waals surface area (Å²) in [5.74, 6) is 1.01. The largest absolute Gasteiger partial charge is 0.343 e. The van der Waals surface area contributed by atoms with Crippen molar-refractivity contribution in [1.29, 1.82) is 0 Å². The molecule has 1 unspecified atom stereocenters. The number of hydrogen-bond donors (Lipinski definition) is 2. The summed E-state index contributed by atoms with van der Waals surface area (Å²) in [5, 5.41) is 10.2. The van der Waals surface area contributed by atoms with Crippen molar-refractivity contribution in [2.24, 2.45) is 5.92 Å². The van der Waals surface area contributed by atoms with Crippen molar-refractivity contribution in [1.82, 2.24) is 25.4 Å². The van der Waals surface area contributed by atoms with E-state index in [1.807, 2.05) is 6.07 Å². The van der Waals surface area contributed by atoms with Crippen LogP contribution in [0.15, 0.2) is 36.7 Å². The van der Waals surface area contributed by atoms with E-state index >= 15 is 0 Å². The van der Waals surface area contributed by atoms with E-state index in [1.54, 1.807) is 0 Å². The van der Waals surface area contributed by atoms with Crippen LogP contribution in [-0.2, 0) is 16.9 Å². The molecule has 1 atom stereocenters. The Hall–Kier alpha value is -2.21. The van der Waals surface area contributed by atoms with Crippen LogP contribution in [0, 0.1) is 5.92 Å². The highest BCUT2D eigenvalue weighted by atomic mass is 16.2. The van der Waals surface area contributed by atoms with E-state index in [0.29, 0.717) is 0 Å². The second kappa shape index (κ2) is 6.96. The summed E-state index contributed by atoms with van der Waals surface area (Å²) in [6.45, 7) is 2.80. The van der Waals surface area contributed by atoms with Gasteiger partial charge in [0.25, 0.3) is 0 Å². The summed E-state index contributed by atoms with van der Waals surface area (Å²) in [6.07, 6.45) is 6.54. The van der Waals surface area contributed by atoms with Gasteiger partial charge in [-0.2, -0.15) is 5.10 Å². The van der Waals surface area contributed by atoms with Crippen molar-refractivity contribution < 1.29 is 4.79 Å². The zero-order valence-corrected chi connectivity index (χ0v) is 14.4. The van der Waals surface area contributed by atoms with Gasteiger partial charge in [0.2, 0.25) is 5.91 Å². The highest BCUT2D eigenvalue weighted by Crippen LogP contribution is 2.39. The average Bonchev–Trinajstić information content (AvgIpc) is 3.14.